The lowest BCUT2D eigenvalue weighted by Gasteiger charge is -2.34. The summed E-state index contributed by atoms with van der Waals surface area (Å²) in [5, 5.41) is 7.05. The van der Waals surface area contributed by atoms with Crippen LogP contribution in [0, 0.1) is 5.41 Å². The molecule has 0 amide bonds. The molecule has 1 aliphatic heterocycles. The normalized spacial score (nSPS) is 19.8. The fraction of sp³-hybridized carbons (Fsp3) is 0.739. The number of aromatic nitrogens is 1. The summed E-state index contributed by atoms with van der Waals surface area (Å²) in [6.45, 7) is 9.59. The Labute approximate surface area is 182 Å². The molecule has 7 nitrogen and oxygen atoms in total. The number of hydrogen-bond donors (Lipinski definition) is 2. The largest absolute Gasteiger partial charge is 0.385 e. The van der Waals surface area contributed by atoms with Crippen LogP contribution in [0.1, 0.15) is 44.6 Å². The summed E-state index contributed by atoms with van der Waals surface area (Å²) in [4.78, 5) is 14.4. The quantitative estimate of drug-likeness (QED) is 0.476. The Morgan fingerprint density at radius 2 is 1.97 bits per heavy atom. The molecule has 0 atom stereocenters. The summed E-state index contributed by atoms with van der Waals surface area (Å²) in [7, 11) is 3.98. The second-order valence-corrected chi connectivity index (χ2v) is 8.78. The number of piperazine rings is 1. The van der Waals surface area contributed by atoms with Crippen molar-refractivity contribution in [3.63, 3.8) is 0 Å². The predicted molar refractivity (Wildman–Crippen MR) is 124 cm³/mol. The van der Waals surface area contributed by atoms with Crippen LogP contribution >= 0.6 is 0 Å². The van der Waals surface area contributed by atoms with Crippen molar-refractivity contribution in [2.24, 2.45) is 10.4 Å². The van der Waals surface area contributed by atoms with Crippen LogP contribution in [0.15, 0.2) is 23.3 Å². The minimum absolute atomic E-state index is 0.339. The number of likely N-dealkylation sites (N-methyl/N-ethyl adjacent to an activating group) is 1. The van der Waals surface area contributed by atoms with E-state index in [2.05, 4.69) is 45.5 Å². The highest BCUT2D eigenvalue weighted by Gasteiger charge is 2.33. The average Bonchev–Trinajstić information content (AvgIpc) is 3.24. The third-order valence-corrected chi connectivity index (χ3v) is 6.55. The summed E-state index contributed by atoms with van der Waals surface area (Å²) >= 11 is 0. The van der Waals surface area contributed by atoms with Gasteiger partial charge in [-0.2, -0.15) is 0 Å². The van der Waals surface area contributed by atoms with Gasteiger partial charge in [-0.05, 0) is 44.7 Å². The Bertz CT molecular complexity index is 665. The molecule has 1 saturated carbocycles. The van der Waals surface area contributed by atoms with Gasteiger partial charge in [0.05, 0.1) is 6.54 Å². The van der Waals surface area contributed by atoms with Gasteiger partial charge in [0.25, 0.3) is 0 Å². The monoisotopic (exact) mass is 416 g/mol. The van der Waals surface area contributed by atoms with Crippen LogP contribution in [0.25, 0.3) is 0 Å². The number of nitrogens with zero attached hydrogens (tertiary/aromatic N) is 4. The number of methoxy groups -OCH3 is 1. The first-order valence-corrected chi connectivity index (χ1v) is 11.5. The maximum Gasteiger partial charge on any atom is 0.191 e. The van der Waals surface area contributed by atoms with Crippen molar-refractivity contribution < 1.29 is 4.74 Å². The molecular formula is C23H40N6O. The fourth-order valence-electron chi connectivity index (χ4n) is 4.59. The van der Waals surface area contributed by atoms with E-state index in [0.29, 0.717) is 12.0 Å². The SMILES string of the molecule is CCNC(=NCc1cccnc1N1CCN(C)CC1)NCC1(CCOC)CCCC1. The molecule has 0 bridgehead atoms. The summed E-state index contributed by atoms with van der Waals surface area (Å²) in [5.74, 6) is 1.98. The van der Waals surface area contributed by atoms with Crippen molar-refractivity contribution >= 4 is 11.8 Å². The van der Waals surface area contributed by atoms with E-state index in [1.807, 2.05) is 12.3 Å². The van der Waals surface area contributed by atoms with Crippen LogP contribution < -0.4 is 15.5 Å². The van der Waals surface area contributed by atoms with Crippen LogP contribution in [0.2, 0.25) is 0 Å². The molecule has 2 heterocycles. The lowest BCUT2D eigenvalue weighted by molar-refractivity contribution is 0.138. The highest BCUT2D eigenvalue weighted by atomic mass is 16.5. The van der Waals surface area contributed by atoms with Crippen LogP contribution in [0.5, 0.6) is 0 Å². The smallest absolute Gasteiger partial charge is 0.191 e. The molecule has 0 radical (unpaired) electrons. The number of nitrogens with one attached hydrogen (secondary N) is 2. The lowest BCUT2D eigenvalue weighted by Crippen LogP contribution is -2.45. The first-order chi connectivity index (χ1) is 14.7. The number of aliphatic imine (C=N–C) groups is 1. The number of hydrogen-bond acceptors (Lipinski definition) is 5. The highest BCUT2D eigenvalue weighted by Crippen LogP contribution is 2.40. The van der Waals surface area contributed by atoms with Gasteiger partial charge < -0.3 is 25.2 Å². The average molecular weight is 417 g/mol. The fourth-order valence-corrected chi connectivity index (χ4v) is 4.59. The predicted octanol–water partition coefficient (Wildman–Crippen LogP) is 2.49. The molecule has 30 heavy (non-hydrogen) atoms. The van der Waals surface area contributed by atoms with Gasteiger partial charge >= 0.3 is 0 Å². The molecule has 168 valence electrons. The summed E-state index contributed by atoms with van der Waals surface area (Å²) < 4.78 is 5.38. The standard InChI is InChI=1S/C23H40N6O/c1-4-24-22(27-19-23(11-17-30-3)9-5-6-10-23)26-18-20-8-7-12-25-21(20)29-15-13-28(2)14-16-29/h7-8,12H,4-6,9-11,13-19H2,1-3H3,(H2,24,26,27). The highest BCUT2D eigenvalue weighted by molar-refractivity contribution is 5.79. The van der Waals surface area contributed by atoms with E-state index in [9.17, 15) is 0 Å². The Balaban J connectivity index is 1.65. The Hall–Kier alpha value is -1.86. The van der Waals surface area contributed by atoms with Crippen molar-refractivity contribution in [2.45, 2.75) is 45.6 Å². The summed E-state index contributed by atoms with van der Waals surface area (Å²) in [5.41, 5.74) is 1.53. The van der Waals surface area contributed by atoms with Crippen molar-refractivity contribution in [3.05, 3.63) is 23.9 Å². The van der Waals surface area contributed by atoms with Crippen LogP contribution in [-0.4, -0.2) is 75.9 Å². The van der Waals surface area contributed by atoms with Crippen molar-refractivity contribution in [1.82, 2.24) is 20.5 Å². The minimum Gasteiger partial charge on any atom is -0.385 e. The van der Waals surface area contributed by atoms with Crippen molar-refractivity contribution in [2.75, 3.05) is 64.9 Å². The van der Waals surface area contributed by atoms with Crippen LogP contribution in [0.4, 0.5) is 5.82 Å². The molecule has 3 rings (SSSR count). The zero-order valence-corrected chi connectivity index (χ0v) is 19.1. The molecule has 0 aromatic carbocycles. The molecule has 1 aliphatic carbocycles. The van der Waals surface area contributed by atoms with Gasteiger partial charge in [0.1, 0.15) is 5.82 Å². The molecule has 0 spiro atoms. The van der Waals surface area contributed by atoms with E-state index in [4.69, 9.17) is 9.73 Å². The topological polar surface area (TPSA) is 65.0 Å². The number of guanidine groups is 1. The van der Waals surface area contributed by atoms with E-state index in [1.54, 1.807) is 7.11 Å². The third-order valence-electron chi connectivity index (χ3n) is 6.55. The van der Waals surface area contributed by atoms with Gasteiger partial charge in [-0.25, -0.2) is 9.98 Å². The second-order valence-electron chi connectivity index (χ2n) is 8.78. The third kappa shape index (κ3) is 6.32. The maximum absolute atomic E-state index is 5.38. The zero-order valence-electron chi connectivity index (χ0n) is 19.1. The summed E-state index contributed by atoms with van der Waals surface area (Å²) in [6.07, 6.45) is 8.21. The van der Waals surface area contributed by atoms with Gasteiger partial charge in [0, 0.05) is 64.7 Å². The number of pyridine rings is 1. The molecule has 0 unspecified atom stereocenters. The number of rotatable bonds is 9. The van der Waals surface area contributed by atoms with Gasteiger partial charge in [-0.15, -0.1) is 0 Å². The molecular weight excluding hydrogens is 376 g/mol. The maximum atomic E-state index is 5.38. The van der Waals surface area contributed by atoms with E-state index in [-0.39, 0.29) is 0 Å². The van der Waals surface area contributed by atoms with E-state index >= 15 is 0 Å². The van der Waals surface area contributed by atoms with Crippen molar-refractivity contribution in [1.29, 1.82) is 0 Å². The Kier molecular flexibility index (Phi) is 8.75. The number of anilines is 1. The van der Waals surface area contributed by atoms with E-state index in [0.717, 1.165) is 64.1 Å². The van der Waals surface area contributed by atoms with Crippen LogP contribution in [-0.2, 0) is 11.3 Å². The zero-order chi connectivity index (χ0) is 21.2. The first kappa shape index (κ1) is 22.8. The second kappa shape index (κ2) is 11.5. The molecule has 2 N–H and O–H groups in total. The van der Waals surface area contributed by atoms with E-state index < -0.39 is 0 Å². The molecule has 2 aliphatic rings. The van der Waals surface area contributed by atoms with Gasteiger partial charge in [-0.1, -0.05) is 18.9 Å². The molecule has 7 heteroatoms. The molecule has 1 aromatic rings. The van der Waals surface area contributed by atoms with Gasteiger partial charge in [0.15, 0.2) is 5.96 Å². The Morgan fingerprint density at radius 1 is 1.20 bits per heavy atom. The minimum atomic E-state index is 0.339. The van der Waals surface area contributed by atoms with Gasteiger partial charge in [0.2, 0.25) is 0 Å². The molecule has 1 saturated heterocycles. The summed E-state index contributed by atoms with van der Waals surface area (Å²) in [6, 6.07) is 4.17. The lowest BCUT2D eigenvalue weighted by atomic mass is 9.83. The molecule has 2 fully saturated rings. The van der Waals surface area contributed by atoms with Crippen molar-refractivity contribution in [3.8, 4) is 0 Å². The van der Waals surface area contributed by atoms with E-state index in [1.165, 1.54) is 31.2 Å². The first-order valence-electron chi connectivity index (χ1n) is 11.5. The Morgan fingerprint density at radius 3 is 2.67 bits per heavy atom. The van der Waals surface area contributed by atoms with Gasteiger partial charge in [-0.3, -0.25) is 0 Å². The number of ether oxygens (including phenoxy) is 1. The molecule has 1 aromatic heterocycles. The van der Waals surface area contributed by atoms with Crippen LogP contribution in [0.3, 0.4) is 0 Å².